The Morgan fingerprint density at radius 2 is 1.52 bits per heavy atom. The van der Waals surface area contributed by atoms with Crippen LogP contribution < -0.4 is 15.4 Å². The van der Waals surface area contributed by atoms with Crippen molar-refractivity contribution in [3.63, 3.8) is 0 Å². The normalized spacial score (nSPS) is 10.3. The van der Waals surface area contributed by atoms with Crippen molar-refractivity contribution in [2.45, 2.75) is 13.8 Å². The van der Waals surface area contributed by atoms with Crippen molar-refractivity contribution in [2.24, 2.45) is 0 Å². The van der Waals surface area contributed by atoms with Gasteiger partial charge in [-0.15, -0.1) is 0 Å². The van der Waals surface area contributed by atoms with Gasteiger partial charge >= 0.3 is 0 Å². The first-order valence-electron chi connectivity index (χ1n) is 9.07. The number of carbonyl (C=O) groups excluding carboxylic acids is 2. The smallest absolute Gasteiger partial charge is 0.262 e. The average Bonchev–Trinajstić information content (AvgIpc) is 2.66. The molecule has 0 aliphatic carbocycles. The molecular weight excluding hydrogens is 388 g/mol. The van der Waals surface area contributed by atoms with Gasteiger partial charge in [0, 0.05) is 22.0 Å². The SMILES string of the molecule is Cc1cc(C)cc(OCC(=O)Nc2cccc(C(=O)Nc3cccc(Cl)c3)c2)c1. The summed E-state index contributed by atoms with van der Waals surface area (Å²) >= 11 is 5.94. The van der Waals surface area contributed by atoms with Gasteiger partial charge in [0.1, 0.15) is 5.75 Å². The second kappa shape index (κ2) is 9.26. The third-order valence-corrected chi connectivity index (χ3v) is 4.29. The summed E-state index contributed by atoms with van der Waals surface area (Å²) in [6, 6.07) is 19.4. The predicted molar refractivity (Wildman–Crippen MR) is 116 cm³/mol. The van der Waals surface area contributed by atoms with E-state index in [4.69, 9.17) is 16.3 Å². The monoisotopic (exact) mass is 408 g/mol. The maximum absolute atomic E-state index is 12.4. The number of ether oxygens (including phenoxy) is 1. The molecule has 3 rings (SSSR count). The van der Waals surface area contributed by atoms with Crippen LogP contribution in [0, 0.1) is 13.8 Å². The number of nitrogens with one attached hydrogen (secondary N) is 2. The van der Waals surface area contributed by atoms with Gasteiger partial charge < -0.3 is 15.4 Å². The van der Waals surface area contributed by atoms with Crippen LogP contribution in [0.5, 0.6) is 5.75 Å². The Morgan fingerprint density at radius 3 is 2.21 bits per heavy atom. The Kier molecular flexibility index (Phi) is 6.52. The highest BCUT2D eigenvalue weighted by Gasteiger charge is 2.09. The zero-order valence-electron chi connectivity index (χ0n) is 16.2. The van der Waals surface area contributed by atoms with Crippen LogP contribution >= 0.6 is 11.6 Å². The lowest BCUT2D eigenvalue weighted by Crippen LogP contribution is -2.20. The van der Waals surface area contributed by atoms with E-state index in [1.807, 2.05) is 32.0 Å². The van der Waals surface area contributed by atoms with Crippen LogP contribution in [0.2, 0.25) is 5.02 Å². The molecule has 3 aromatic rings. The summed E-state index contributed by atoms with van der Waals surface area (Å²) in [5, 5.41) is 6.06. The molecular formula is C23H21ClN2O3. The van der Waals surface area contributed by atoms with E-state index in [1.54, 1.807) is 48.5 Å². The molecule has 148 valence electrons. The molecule has 0 aliphatic rings. The second-order valence-corrected chi connectivity index (χ2v) is 7.14. The molecule has 5 nitrogen and oxygen atoms in total. The van der Waals surface area contributed by atoms with Crippen molar-refractivity contribution in [3.05, 3.63) is 88.4 Å². The maximum Gasteiger partial charge on any atom is 0.262 e. The van der Waals surface area contributed by atoms with Crippen LogP contribution in [0.15, 0.2) is 66.7 Å². The Hall–Kier alpha value is -3.31. The molecule has 0 radical (unpaired) electrons. The highest BCUT2D eigenvalue weighted by atomic mass is 35.5. The van der Waals surface area contributed by atoms with Gasteiger partial charge in [0.2, 0.25) is 0 Å². The van der Waals surface area contributed by atoms with Gasteiger partial charge in [-0.2, -0.15) is 0 Å². The van der Waals surface area contributed by atoms with E-state index >= 15 is 0 Å². The molecule has 6 heteroatoms. The molecule has 0 aliphatic heterocycles. The van der Waals surface area contributed by atoms with Crippen molar-refractivity contribution in [3.8, 4) is 5.75 Å². The fourth-order valence-corrected chi connectivity index (χ4v) is 3.06. The number of benzene rings is 3. The number of hydrogen-bond acceptors (Lipinski definition) is 3. The summed E-state index contributed by atoms with van der Waals surface area (Å²) in [6.07, 6.45) is 0. The summed E-state index contributed by atoms with van der Waals surface area (Å²) in [6.45, 7) is 3.82. The van der Waals surface area contributed by atoms with Crippen LogP contribution in [0.1, 0.15) is 21.5 Å². The van der Waals surface area contributed by atoms with E-state index in [1.165, 1.54) is 0 Å². The average molecular weight is 409 g/mol. The third-order valence-electron chi connectivity index (χ3n) is 4.06. The number of aryl methyl sites for hydroxylation is 2. The van der Waals surface area contributed by atoms with Gasteiger partial charge in [-0.3, -0.25) is 9.59 Å². The molecule has 3 aromatic carbocycles. The quantitative estimate of drug-likeness (QED) is 0.587. The van der Waals surface area contributed by atoms with Gasteiger partial charge in [-0.1, -0.05) is 29.8 Å². The van der Waals surface area contributed by atoms with Gasteiger partial charge in [-0.25, -0.2) is 0 Å². The minimum Gasteiger partial charge on any atom is -0.484 e. The lowest BCUT2D eigenvalue weighted by molar-refractivity contribution is -0.118. The van der Waals surface area contributed by atoms with E-state index < -0.39 is 0 Å². The lowest BCUT2D eigenvalue weighted by Gasteiger charge is -2.10. The van der Waals surface area contributed by atoms with Gasteiger partial charge in [0.05, 0.1) is 0 Å². The molecule has 0 unspecified atom stereocenters. The van der Waals surface area contributed by atoms with Gasteiger partial charge in [0.25, 0.3) is 11.8 Å². The molecule has 0 saturated carbocycles. The molecule has 0 saturated heterocycles. The molecule has 2 N–H and O–H groups in total. The lowest BCUT2D eigenvalue weighted by atomic mass is 10.1. The predicted octanol–water partition coefficient (Wildman–Crippen LogP) is 5.23. The third kappa shape index (κ3) is 6.09. The number of carbonyl (C=O) groups is 2. The van der Waals surface area contributed by atoms with Crippen molar-refractivity contribution in [1.82, 2.24) is 0 Å². The van der Waals surface area contributed by atoms with E-state index in [-0.39, 0.29) is 18.4 Å². The maximum atomic E-state index is 12.4. The largest absolute Gasteiger partial charge is 0.484 e. The molecule has 0 heterocycles. The highest BCUT2D eigenvalue weighted by molar-refractivity contribution is 6.31. The topological polar surface area (TPSA) is 67.4 Å². The number of hydrogen-bond donors (Lipinski definition) is 2. The zero-order chi connectivity index (χ0) is 20.8. The first-order valence-corrected chi connectivity index (χ1v) is 9.45. The van der Waals surface area contributed by atoms with Crippen molar-refractivity contribution in [1.29, 1.82) is 0 Å². The Balaban J connectivity index is 1.60. The van der Waals surface area contributed by atoms with Crippen LogP contribution in [-0.2, 0) is 4.79 Å². The molecule has 0 bridgehead atoms. The second-order valence-electron chi connectivity index (χ2n) is 6.71. The number of anilines is 2. The minimum atomic E-state index is -0.309. The fraction of sp³-hybridized carbons (Fsp3) is 0.130. The molecule has 29 heavy (non-hydrogen) atoms. The van der Waals surface area contributed by atoms with Crippen molar-refractivity contribution >= 4 is 34.8 Å². The molecule has 2 amide bonds. The number of halogens is 1. The van der Waals surface area contributed by atoms with Crippen LogP contribution in [0.4, 0.5) is 11.4 Å². The summed E-state index contributed by atoms with van der Waals surface area (Å²) in [7, 11) is 0. The Morgan fingerprint density at radius 1 is 0.862 bits per heavy atom. The summed E-state index contributed by atoms with van der Waals surface area (Å²) in [4.78, 5) is 24.7. The minimum absolute atomic E-state index is 0.123. The fourth-order valence-electron chi connectivity index (χ4n) is 2.87. The van der Waals surface area contributed by atoms with Crippen LogP contribution in [0.3, 0.4) is 0 Å². The molecule has 0 aromatic heterocycles. The number of amides is 2. The first-order chi connectivity index (χ1) is 13.9. The van der Waals surface area contributed by atoms with Crippen molar-refractivity contribution in [2.75, 3.05) is 17.2 Å². The summed E-state index contributed by atoms with van der Waals surface area (Å²) < 4.78 is 5.57. The van der Waals surface area contributed by atoms with Crippen molar-refractivity contribution < 1.29 is 14.3 Å². The zero-order valence-corrected chi connectivity index (χ0v) is 16.9. The highest BCUT2D eigenvalue weighted by Crippen LogP contribution is 2.18. The standard InChI is InChI=1S/C23H21ClN2O3/c1-15-9-16(2)11-21(10-15)29-14-22(27)25-19-7-3-5-17(12-19)23(28)26-20-8-4-6-18(24)13-20/h3-13H,14H2,1-2H3,(H,25,27)(H,26,28). The van der Waals surface area contributed by atoms with E-state index in [2.05, 4.69) is 10.6 Å². The number of rotatable bonds is 6. The van der Waals surface area contributed by atoms with Crippen LogP contribution in [0.25, 0.3) is 0 Å². The molecule has 0 spiro atoms. The van der Waals surface area contributed by atoms with Gasteiger partial charge in [0.15, 0.2) is 6.61 Å². The Bertz CT molecular complexity index is 1030. The first kappa shape index (κ1) is 20.4. The van der Waals surface area contributed by atoms with Gasteiger partial charge in [-0.05, 0) is 73.5 Å². The summed E-state index contributed by atoms with van der Waals surface area (Å²) in [5.41, 5.74) is 3.66. The van der Waals surface area contributed by atoms with E-state index in [0.29, 0.717) is 27.7 Å². The summed E-state index contributed by atoms with van der Waals surface area (Å²) in [5.74, 6) is 0.0405. The van der Waals surface area contributed by atoms with E-state index in [0.717, 1.165) is 11.1 Å². The van der Waals surface area contributed by atoms with E-state index in [9.17, 15) is 9.59 Å². The Labute approximate surface area is 174 Å². The van der Waals surface area contributed by atoms with Crippen LogP contribution in [-0.4, -0.2) is 18.4 Å². The molecule has 0 fully saturated rings. The molecule has 0 atom stereocenters.